The summed E-state index contributed by atoms with van der Waals surface area (Å²) in [7, 11) is 0. The molecule has 0 atom stereocenters. The molecule has 0 aliphatic heterocycles. The SMILES string of the molecule is Nc1cc(N)c(C(=O)O)cc1C(=O)O.Oc1ccccc1. The predicted molar refractivity (Wildman–Crippen MR) is 77.3 cm³/mol. The fourth-order valence-corrected chi connectivity index (χ4v) is 1.43. The normalized spacial score (nSPS) is 9.33. The van der Waals surface area contributed by atoms with E-state index in [2.05, 4.69) is 0 Å². The number of phenols is 1. The summed E-state index contributed by atoms with van der Waals surface area (Å²) < 4.78 is 0. The lowest BCUT2D eigenvalue weighted by molar-refractivity contribution is 0.0696. The third kappa shape index (κ3) is 4.43. The standard InChI is InChI=1S/C8H8N2O4.C6H6O/c9-5-2-6(10)4(8(13)14)1-3(5)7(11)12;7-6-4-2-1-3-5-6/h1-2H,9-10H2,(H,11,12)(H,13,14);1-5,7H. The van der Waals surface area contributed by atoms with E-state index in [1.54, 1.807) is 24.3 Å². The molecule has 2 aromatic rings. The van der Waals surface area contributed by atoms with Gasteiger partial charge in [-0.3, -0.25) is 0 Å². The van der Waals surface area contributed by atoms with E-state index in [-0.39, 0.29) is 22.5 Å². The molecule has 0 bridgehead atoms. The number of carboxylic acids is 2. The zero-order chi connectivity index (χ0) is 16.0. The minimum Gasteiger partial charge on any atom is -0.508 e. The van der Waals surface area contributed by atoms with Crippen molar-refractivity contribution in [3.63, 3.8) is 0 Å². The van der Waals surface area contributed by atoms with E-state index in [1.165, 1.54) is 0 Å². The highest BCUT2D eigenvalue weighted by atomic mass is 16.4. The molecule has 0 saturated heterocycles. The topological polar surface area (TPSA) is 147 Å². The van der Waals surface area contributed by atoms with E-state index in [4.69, 9.17) is 26.8 Å². The van der Waals surface area contributed by atoms with Gasteiger partial charge in [0.15, 0.2) is 0 Å². The van der Waals surface area contributed by atoms with Crippen molar-refractivity contribution in [2.24, 2.45) is 0 Å². The molecular weight excluding hydrogens is 276 g/mol. The van der Waals surface area contributed by atoms with Crippen molar-refractivity contribution >= 4 is 23.3 Å². The van der Waals surface area contributed by atoms with Gasteiger partial charge >= 0.3 is 11.9 Å². The number of hydrogen-bond acceptors (Lipinski definition) is 5. The molecule has 0 radical (unpaired) electrons. The lowest BCUT2D eigenvalue weighted by Crippen LogP contribution is -2.09. The second-order valence-electron chi connectivity index (χ2n) is 3.97. The number of phenolic OH excluding ortho intramolecular Hbond substituents is 1. The Labute approximate surface area is 120 Å². The Bertz CT molecular complexity index is 621. The molecule has 21 heavy (non-hydrogen) atoms. The van der Waals surface area contributed by atoms with Crippen molar-refractivity contribution in [2.75, 3.05) is 11.5 Å². The Hall–Kier alpha value is -3.22. The molecule has 0 saturated carbocycles. The van der Waals surface area contributed by atoms with Crippen LogP contribution in [0.2, 0.25) is 0 Å². The number of rotatable bonds is 2. The molecule has 0 amide bonds. The number of anilines is 2. The van der Waals surface area contributed by atoms with Gasteiger partial charge in [0.25, 0.3) is 0 Å². The van der Waals surface area contributed by atoms with E-state index < -0.39 is 11.9 Å². The largest absolute Gasteiger partial charge is 0.508 e. The molecule has 0 aliphatic rings. The second kappa shape index (κ2) is 6.80. The first-order chi connectivity index (χ1) is 9.82. The second-order valence-corrected chi connectivity index (χ2v) is 3.97. The maximum Gasteiger partial charge on any atom is 0.337 e. The first-order valence-corrected chi connectivity index (χ1v) is 5.72. The summed E-state index contributed by atoms with van der Waals surface area (Å²) >= 11 is 0. The van der Waals surface area contributed by atoms with Gasteiger partial charge in [-0.2, -0.15) is 0 Å². The maximum absolute atomic E-state index is 10.6. The van der Waals surface area contributed by atoms with Crippen molar-refractivity contribution in [3.8, 4) is 5.75 Å². The van der Waals surface area contributed by atoms with Crippen molar-refractivity contribution in [1.29, 1.82) is 0 Å². The fraction of sp³-hybridized carbons (Fsp3) is 0. The lowest BCUT2D eigenvalue weighted by atomic mass is 10.1. The van der Waals surface area contributed by atoms with Crippen LogP contribution in [0, 0.1) is 0 Å². The van der Waals surface area contributed by atoms with E-state index >= 15 is 0 Å². The van der Waals surface area contributed by atoms with E-state index in [9.17, 15) is 9.59 Å². The summed E-state index contributed by atoms with van der Waals surface area (Å²) in [5.41, 5.74) is 10.0. The lowest BCUT2D eigenvalue weighted by Gasteiger charge is -2.05. The van der Waals surface area contributed by atoms with Crippen LogP contribution in [-0.2, 0) is 0 Å². The zero-order valence-electron chi connectivity index (χ0n) is 10.9. The van der Waals surface area contributed by atoms with Crippen LogP contribution in [0.25, 0.3) is 0 Å². The molecule has 7 nitrogen and oxygen atoms in total. The highest BCUT2D eigenvalue weighted by Crippen LogP contribution is 2.21. The van der Waals surface area contributed by atoms with Crippen LogP contribution in [0.15, 0.2) is 42.5 Å². The molecular formula is C14H14N2O5. The maximum atomic E-state index is 10.6. The van der Waals surface area contributed by atoms with Gasteiger partial charge in [-0.1, -0.05) is 18.2 Å². The van der Waals surface area contributed by atoms with Gasteiger partial charge in [-0.05, 0) is 24.3 Å². The van der Waals surface area contributed by atoms with Crippen molar-refractivity contribution in [3.05, 3.63) is 53.6 Å². The average molecular weight is 290 g/mol. The molecule has 0 unspecified atom stereocenters. The Kier molecular flexibility index (Phi) is 5.13. The molecule has 0 fully saturated rings. The summed E-state index contributed by atoms with van der Waals surface area (Å²) in [6, 6.07) is 10.8. The Morgan fingerprint density at radius 1 is 0.810 bits per heavy atom. The number of benzene rings is 2. The van der Waals surface area contributed by atoms with Crippen molar-refractivity contribution < 1.29 is 24.9 Å². The summed E-state index contributed by atoms with van der Waals surface area (Å²) in [5, 5.41) is 25.9. The number of nitrogens with two attached hydrogens (primary N) is 2. The molecule has 7 heteroatoms. The molecule has 0 aliphatic carbocycles. The number of hydrogen-bond donors (Lipinski definition) is 5. The average Bonchev–Trinajstić information content (AvgIpc) is 2.39. The summed E-state index contributed by atoms with van der Waals surface area (Å²) in [6.07, 6.45) is 0. The van der Waals surface area contributed by atoms with E-state index in [1.807, 2.05) is 6.07 Å². The zero-order valence-corrected chi connectivity index (χ0v) is 10.9. The van der Waals surface area contributed by atoms with Crippen LogP contribution >= 0.6 is 0 Å². The van der Waals surface area contributed by atoms with E-state index in [0.717, 1.165) is 12.1 Å². The molecule has 7 N–H and O–H groups in total. The highest BCUT2D eigenvalue weighted by Gasteiger charge is 2.15. The van der Waals surface area contributed by atoms with Gasteiger partial charge in [0.1, 0.15) is 5.75 Å². The van der Waals surface area contributed by atoms with Crippen LogP contribution in [0.5, 0.6) is 5.75 Å². The highest BCUT2D eigenvalue weighted by molar-refractivity contribution is 6.01. The minimum absolute atomic E-state index is 0.0556. The molecule has 0 spiro atoms. The molecule has 0 heterocycles. The summed E-state index contributed by atoms with van der Waals surface area (Å²) in [6.45, 7) is 0. The molecule has 110 valence electrons. The van der Waals surface area contributed by atoms with Crippen molar-refractivity contribution in [2.45, 2.75) is 0 Å². The van der Waals surface area contributed by atoms with Gasteiger partial charge in [0.2, 0.25) is 0 Å². The predicted octanol–water partition coefficient (Wildman–Crippen LogP) is 1.64. The number of para-hydroxylation sites is 1. The number of aromatic hydroxyl groups is 1. The third-order valence-electron chi connectivity index (χ3n) is 2.44. The van der Waals surface area contributed by atoms with Crippen LogP contribution < -0.4 is 11.5 Å². The molecule has 0 aromatic heterocycles. The van der Waals surface area contributed by atoms with Gasteiger partial charge in [-0.15, -0.1) is 0 Å². The Morgan fingerprint density at radius 3 is 1.52 bits per heavy atom. The fourth-order valence-electron chi connectivity index (χ4n) is 1.43. The van der Waals surface area contributed by atoms with Crippen LogP contribution in [0.1, 0.15) is 20.7 Å². The monoisotopic (exact) mass is 290 g/mol. The van der Waals surface area contributed by atoms with Crippen molar-refractivity contribution in [1.82, 2.24) is 0 Å². The van der Waals surface area contributed by atoms with Crippen LogP contribution in [0.3, 0.4) is 0 Å². The smallest absolute Gasteiger partial charge is 0.337 e. The first-order valence-electron chi connectivity index (χ1n) is 5.72. The number of aromatic carboxylic acids is 2. The third-order valence-corrected chi connectivity index (χ3v) is 2.44. The summed E-state index contributed by atoms with van der Waals surface area (Å²) in [4.78, 5) is 21.2. The van der Waals surface area contributed by atoms with Gasteiger partial charge in [0, 0.05) is 11.4 Å². The number of carbonyl (C=O) groups is 2. The van der Waals surface area contributed by atoms with E-state index in [0.29, 0.717) is 5.75 Å². The molecule has 2 aromatic carbocycles. The number of carboxylic acid groups (broad SMARTS) is 2. The van der Waals surface area contributed by atoms with Gasteiger partial charge in [0.05, 0.1) is 11.1 Å². The molecule has 2 rings (SSSR count). The Morgan fingerprint density at radius 2 is 1.24 bits per heavy atom. The quantitative estimate of drug-likeness (QED) is 0.528. The first kappa shape index (κ1) is 15.8. The Balaban J connectivity index is 0.000000262. The number of nitrogen functional groups attached to an aromatic ring is 2. The minimum atomic E-state index is -1.29. The summed E-state index contributed by atoms with van der Waals surface area (Å²) in [5.74, 6) is -2.25. The van der Waals surface area contributed by atoms with Crippen LogP contribution in [-0.4, -0.2) is 27.3 Å². The van der Waals surface area contributed by atoms with Gasteiger partial charge in [-0.25, -0.2) is 9.59 Å². The van der Waals surface area contributed by atoms with Gasteiger partial charge < -0.3 is 26.8 Å². The van der Waals surface area contributed by atoms with Crippen LogP contribution in [0.4, 0.5) is 11.4 Å².